The van der Waals surface area contributed by atoms with E-state index in [1.807, 2.05) is 6.07 Å². The van der Waals surface area contributed by atoms with Gasteiger partial charge in [0.25, 0.3) is 5.56 Å². The predicted molar refractivity (Wildman–Crippen MR) is 104 cm³/mol. The topological polar surface area (TPSA) is 82.1 Å². The number of pyridine rings is 1. The average Bonchev–Trinajstić information content (AvgIpc) is 2.67. The Morgan fingerprint density at radius 3 is 2.93 bits per heavy atom. The number of phenolic OH excluding ortho intramolecular Hbond substituents is 1. The van der Waals surface area contributed by atoms with Crippen molar-refractivity contribution in [1.82, 2.24) is 19.9 Å². The van der Waals surface area contributed by atoms with Crippen molar-refractivity contribution in [3.05, 3.63) is 73.9 Å². The van der Waals surface area contributed by atoms with E-state index < -0.39 is 0 Å². The maximum absolute atomic E-state index is 12.6. The number of hydrogen-bond acceptors (Lipinski definition) is 5. The van der Waals surface area contributed by atoms with Crippen LogP contribution < -0.4 is 5.56 Å². The van der Waals surface area contributed by atoms with Crippen LogP contribution in [-0.4, -0.2) is 31.5 Å². The van der Waals surface area contributed by atoms with Crippen molar-refractivity contribution in [2.45, 2.75) is 19.5 Å². The first-order chi connectivity index (χ1) is 13.0. The molecule has 0 spiro atoms. The van der Waals surface area contributed by atoms with Crippen molar-refractivity contribution in [2.75, 3.05) is 6.54 Å². The fourth-order valence-electron chi connectivity index (χ4n) is 3.24. The molecular formula is C19H16Cl2N4O2. The van der Waals surface area contributed by atoms with Gasteiger partial charge in [-0.15, -0.1) is 0 Å². The minimum atomic E-state index is -0.156. The molecule has 0 atom stereocenters. The van der Waals surface area contributed by atoms with Crippen LogP contribution in [0.4, 0.5) is 0 Å². The lowest BCUT2D eigenvalue weighted by atomic mass is 10.1. The summed E-state index contributed by atoms with van der Waals surface area (Å²) in [7, 11) is 0. The van der Waals surface area contributed by atoms with Crippen molar-refractivity contribution in [3.8, 4) is 17.1 Å². The van der Waals surface area contributed by atoms with Gasteiger partial charge in [-0.1, -0.05) is 23.2 Å². The number of aromatic hydroxyl groups is 1. The van der Waals surface area contributed by atoms with Gasteiger partial charge in [0.05, 0.1) is 16.3 Å². The number of nitrogens with zero attached hydrogens (tertiary/aromatic N) is 3. The van der Waals surface area contributed by atoms with Crippen LogP contribution in [0, 0.1) is 0 Å². The molecule has 0 fully saturated rings. The molecular weight excluding hydrogens is 387 g/mol. The first-order valence-electron chi connectivity index (χ1n) is 8.43. The van der Waals surface area contributed by atoms with Gasteiger partial charge in [0, 0.05) is 54.6 Å². The van der Waals surface area contributed by atoms with Crippen molar-refractivity contribution >= 4 is 23.2 Å². The highest BCUT2D eigenvalue weighted by molar-refractivity contribution is 6.35. The Morgan fingerprint density at radius 2 is 2.15 bits per heavy atom. The first kappa shape index (κ1) is 18.0. The first-order valence-corrected chi connectivity index (χ1v) is 9.18. The lowest BCUT2D eigenvalue weighted by molar-refractivity contribution is 0.239. The summed E-state index contributed by atoms with van der Waals surface area (Å²) < 4.78 is 0. The number of aromatic nitrogens is 3. The van der Waals surface area contributed by atoms with E-state index in [2.05, 4.69) is 19.9 Å². The van der Waals surface area contributed by atoms with Crippen molar-refractivity contribution < 1.29 is 5.11 Å². The molecule has 3 aromatic rings. The van der Waals surface area contributed by atoms with Gasteiger partial charge < -0.3 is 10.1 Å². The van der Waals surface area contributed by atoms with Crippen LogP contribution in [-0.2, 0) is 19.5 Å². The third-order valence-corrected chi connectivity index (χ3v) is 5.09. The van der Waals surface area contributed by atoms with Crippen LogP contribution in [0.15, 0.2) is 41.5 Å². The van der Waals surface area contributed by atoms with Gasteiger partial charge in [0.1, 0.15) is 11.6 Å². The summed E-state index contributed by atoms with van der Waals surface area (Å²) in [4.78, 5) is 26.2. The van der Waals surface area contributed by atoms with Gasteiger partial charge in [-0.05, 0) is 24.3 Å². The summed E-state index contributed by atoms with van der Waals surface area (Å²) in [5.41, 5.74) is 2.69. The Morgan fingerprint density at radius 1 is 1.30 bits per heavy atom. The van der Waals surface area contributed by atoms with Crippen molar-refractivity contribution in [3.63, 3.8) is 0 Å². The molecule has 1 aliphatic heterocycles. The zero-order chi connectivity index (χ0) is 19.0. The van der Waals surface area contributed by atoms with Crippen molar-refractivity contribution in [1.29, 1.82) is 0 Å². The van der Waals surface area contributed by atoms with Gasteiger partial charge in [-0.2, -0.15) is 0 Å². The molecule has 0 saturated carbocycles. The average molecular weight is 403 g/mol. The van der Waals surface area contributed by atoms with Gasteiger partial charge >= 0.3 is 0 Å². The second-order valence-electron chi connectivity index (χ2n) is 6.44. The van der Waals surface area contributed by atoms with Crippen molar-refractivity contribution in [2.24, 2.45) is 0 Å². The number of benzene rings is 1. The maximum Gasteiger partial charge on any atom is 0.255 e. The Balaban J connectivity index is 1.60. The number of rotatable bonds is 3. The summed E-state index contributed by atoms with van der Waals surface area (Å²) in [5.74, 6) is 0.547. The van der Waals surface area contributed by atoms with Gasteiger partial charge in [-0.3, -0.25) is 14.7 Å². The molecule has 2 N–H and O–H groups in total. The van der Waals surface area contributed by atoms with Gasteiger partial charge in [-0.25, -0.2) is 4.98 Å². The number of hydrogen-bond donors (Lipinski definition) is 2. The zero-order valence-corrected chi connectivity index (χ0v) is 15.8. The summed E-state index contributed by atoms with van der Waals surface area (Å²) in [6.07, 6.45) is 3.99. The molecule has 6 nitrogen and oxygen atoms in total. The summed E-state index contributed by atoms with van der Waals surface area (Å²) in [5, 5.41) is 10.8. The number of aromatic amines is 1. The molecule has 0 amide bonds. The minimum absolute atomic E-state index is 0.0193. The van der Waals surface area contributed by atoms with E-state index in [9.17, 15) is 9.90 Å². The normalized spacial score (nSPS) is 14.1. The van der Waals surface area contributed by atoms with Crippen LogP contribution in [0.5, 0.6) is 5.75 Å². The van der Waals surface area contributed by atoms with Crippen LogP contribution >= 0.6 is 23.2 Å². The number of H-pyrrole nitrogens is 1. The molecule has 0 aliphatic carbocycles. The van der Waals surface area contributed by atoms with Crippen LogP contribution in [0.1, 0.15) is 16.8 Å². The second kappa shape index (κ2) is 7.31. The molecule has 3 heterocycles. The highest BCUT2D eigenvalue weighted by atomic mass is 35.5. The SMILES string of the molecule is O=c1[nH]c(-c2cccnc2)nc2c1CN(Cc1cc(Cl)cc(Cl)c1O)CC2. The van der Waals surface area contributed by atoms with Crippen LogP contribution in [0.2, 0.25) is 10.0 Å². The molecule has 0 bridgehead atoms. The minimum Gasteiger partial charge on any atom is -0.506 e. The summed E-state index contributed by atoms with van der Waals surface area (Å²) >= 11 is 12.0. The van der Waals surface area contributed by atoms with Gasteiger partial charge in [0.15, 0.2) is 0 Å². The number of phenols is 1. The van der Waals surface area contributed by atoms with E-state index in [0.717, 1.165) is 11.3 Å². The Labute approximate surface area is 165 Å². The largest absolute Gasteiger partial charge is 0.506 e. The summed E-state index contributed by atoms with van der Waals surface area (Å²) in [6, 6.07) is 6.85. The van der Waals surface area contributed by atoms with E-state index in [-0.39, 0.29) is 16.3 Å². The fourth-order valence-corrected chi connectivity index (χ4v) is 3.77. The lowest BCUT2D eigenvalue weighted by Gasteiger charge is -2.28. The number of nitrogens with one attached hydrogen (secondary N) is 1. The monoisotopic (exact) mass is 402 g/mol. The smallest absolute Gasteiger partial charge is 0.255 e. The third kappa shape index (κ3) is 3.69. The predicted octanol–water partition coefficient (Wildman–Crippen LogP) is 3.40. The van der Waals surface area contributed by atoms with E-state index in [4.69, 9.17) is 23.2 Å². The Bertz CT molecular complexity index is 1050. The second-order valence-corrected chi connectivity index (χ2v) is 7.28. The van der Waals surface area contributed by atoms with E-state index in [1.165, 1.54) is 6.07 Å². The van der Waals surface area contributed by atoms with Crippen LogP contribution in [0.3, 0.4) is 0 Å². The summed E-state index contributed by atoms with van der Waals surface area (Å²) in [6.45, 7) is 1.59. The Hall–Kier alpha value is -2.41. The fraction of sp³-hybridized carbons (Fsp3) is 0.211. The molecule has 0 saturated heterocycles. The van der Waals surface area contributed by atoms with E-state index in [0.29, 0.717) is 48.0 Å². The molecule has 8 heteroatoms. The van der Waals surface area contributed by atoms with E-state index >= 15 is 0 Å². The molecule has 0 radical (unpaired) electrons. The molecule has 138 valence electrons. The van der Waals surface area contributed by atoms with E-state index in [1.54, 1.807) is 24.5 Å². The molecule has 1 aliphatic rings. The Kier molecular flexibility index (Phi) is 4.86. The molecule has 1 aromatic carbocycles. The third-order valence-electron chi connectivity index (χ3n) is 4.58. The number of halogens is 2. The van der Waals surface area contributed by atoms with Crippen LogP contribution in [0.25, 0.3) is 11.4 Å². The highest BCUT2D eigenvalue weighted by Crippen LogP contribution is 2.32. The standard InChI is InChI=1S/C19H16Cl2N4O2/c20-13-6-12(17(26)15(21)7-13)9-25-5-3-16-14(10-25)19(27)24-18(23-16)11-2-1-4-22-8-11/h1-2,4,6-8,26H,3,5,9-10H2,(H,23,24,27). The molecule has 4 rings (SSSR count). The zero-order valence-electron chi connectivity index (χ0n) is 14.2. The lowest BCUT2D eigenvalue weighted by Crippen LogP contribution is -2.35. The molecule has 2 aromatic heterocycles. The molecule has 27 heavy (non-hydrogen) atoms. The quantitative estimate of drug-likeness (QED) is 0.701. The highest BCUT2D eigenvalue weighted by Gasteiger charge is 2.23. The van der Waals surface area contributed by atoms with Gasteiger partial charge in [0.2, 0.25) is 0 Å². The number of fused-ring (bicyclic) bond motifs is 1. The maximum atomic E-state index is 12.6. The molecule has 0 unspecified atom stereocenters.